The van der Waals surface area contributed by atoms with Crippen LogP contribution in [0.5, 0.6) is 5.75 Å². The number of carbonyl (C=O) groups is 1. The zero-order valence-electron chi connectivity index (χ0n) is 17.3. The van der Waals surface area contributed by atoms with Crippen molar-refractivity contribution in [2.75, 3.05) is 33.3 Å². The monoisotopic (exact) mass is 388 g/mol. The standard InChI is InChI=1S/C21H32N4O3/c1-21(2,3)28-20(26)24-16-9-11-25(14-16)19(22-4)23-13-15-10-12-27-18-8-6-5-7-17(15)18/h5-8,15-16H,9-14H2,1-4H3,(H,22,23)(H,24,26). The van der Waals surface area contributed by atoms with E-state index in [4.69, 9.17) is 9.47 Å². The van der Waals surface area contributed by atoms with Gasteiger partial charge in [-0.25, -0.2) is 4.79 Å². The predicted molar refractivity (Wildman–Crippen MR) is 110 cm³/mol. The van der Waals surface area contributed by atoms with E-state index in [1.165, 1.54) is 5.56 Å². The maximum atomic E-state index is 12.0. The van der Waals surface area contributed by atoms with Crippen molar-refractivity contribution in [1.29, 1.82) is 0 Å². The SMILES string of the molecule is CN=C(NCC1CCOc2ccccc21)N1CCC(NC(=O)OC(C)(C)C)C1. The molecule has 2 heterocycles. The molecule has 0 aromatic heterocycles. The lowest BCUT2D eigenvalue weighted by molar-refractivity contribution is 0.0507. The summed E-state index contributed by atoms with van der Waals surface area (Å²) in [5.41, 5.74) is 0.766. The summed E-state index contributed by atoms with van der Waals surface area (Å²) in [6.45, 7) is 8.74. The molecule has 7 heteroatoms. The molecule has 2 aliphatic rings. The molecule has 2 unspecified atom stereocenters. The number of hydrogen-bond acceptors (Lipinski definition) is 4. The predicted octanol–water partition coefficient (Wildman–Crippen LogP) is 2.73. The average molecular weight is 389 g/mol. The number of aliphatic imine (C=N–C) groups is 1. The number of nitrogens with one attached hydrogen (secondary N) is 2. The molecular formula is C21H32N4O3. The summed E-state index contributed by atoms with van der Waals surface area (Å²) in [7, 11) is 1.80. The highest BCUT2D eigenvalue weighted by molar-refractivity contribution is 5.80. The Bertz CT molecular complexity index is 714. The molecule has 0 spiro atoms. The molecular weight excluding hydrogens is 356 g/mol. The number of fused-ring (bicyclic) bond motifs is 1. The smallest absolute Gasteiger partial charge is 0.407 e. The third-order valence-corrected chi connectivity index (χ3v) is 5.01. The van der Waals surface area contributed by atoms with E-state index in [0.717, 1.165) is 50.8 Å². The first-order chi connectivity index (χ1) is 13.4. The molecule has 0 radical (unpaired) electrons. The summed E-state index contributed by atoms with van der Waals surface area (Å²) in [6.07, 6.45) is 1.50. The van der Waals surface area contributed by atoms with Crippen molar-refractivity contribution in [3.8, 4) is 5.75 Å². The molecule has 0 aliphatic carbocycles. The van der Waals surface area contributed by atoms with Gasteiger partial charge in [-0.05, 0) is 45.2 Å². The number of alkyl carbamates (subject to hydrolysis) is 1. The minimum Gasteiger partial charge on any atom is -0.493 e. The van der Waals surface area contributed by atoms with E-state index in [1.54, 1.807) is 7.05 Å². The Labute approximate surface area is 167 Å². The van der Waals surface area contributed by atoms with Gasteiger partial charge in [-0.15, -0.1) is 0 Å². The Morgan fingerprint density at radius 2 is 2.11 bits per heavy atom. The van der Waals surface area contributed by atoms with E-state index in [2.05, 4.69) is 32.7 Å². The topological polar surface area (TPSA) is 75.2 Å². The lowest BCUT2D eigenvalue weighted by Gasteiger charge is -2.28. The fourth-order valence-corrected chi connectivity index (χ4v) is 3.72. The van der Waals surface area contributed by atoms with Gasteiger partial charge in [0.15, 0.2) is 5.96 Å². The summed E-state index contributed by atoms with van der Waals surface area (Å²) in [6, 6.07) is 8.31. The van der Waals surface area contributed by atoms with Gasteiger partial charge in [-0.3, -0.25) is 4.99 Å². The van der Waals surface area contributed by atoms with Crippen molar-refractivity contribution < 1.29 is 14.3 Å². The Morgan fingerprint density at radius 3 is 2.86 bits per heavy atom. The molecule has 1 amide bonds. The Balaban J connectivity index is 1.51. The minimum absolute atomic E-state index is 0.0669. The van der Waals surface area contributed by atoms with Crippen LogP contribution in [-0.2, 0) is 4.74 Å². The molecule has 2 aliphatic heterocycles. The van der Waals surface area contributed by atoms with Crippen molar-refractivity contribution in [2.45, 2.75) is 51.2 Å². The van der Waals surface area contributed by atoms with Crippen LogP contribution in [-0.4, -0.2) is 61.9 Å². The van der Waals surface area contributed by atoms with Crippen LogP contribution in [0.1, 0.15) is 45.1 Å². The molecule has 2 N–H and O–H groups in total. The van der Waals surface area contributed by atoms with E-state index >= 15 is 0 Å². The van der Waals surface area contributed by atoms with Crippen molar-refractivity contribution in [1.82, 2.24) is 15.5 Å². The number of guanidine groups is 1. The zero-order valence-corrected chi connectivity index (χ0v) is 17.3. The number of carbonyl (C=O) groups excluding carboxylic acids is 1. The van der Waals surface area contributed by atoms with Gasteiger partial charge in [-0.1, -0.05) is 18.2 Å². The summed E-state index contributed by atoms with van der Waals surface area (Å²) in [5.74, 6) is 2.26. The maximum absolute atomic E-state index is 12.0. The number of hydrogen-bond donors (Lipinski definition) is 2. The number of para-hydroxylation sites is 1. The maximum Gasteiger partial charge on any atom is 0.407 e. The van der Waals surface area contributed by atoms with Crippen molar-refractivity contribution in [3.05, 3.63) is 29.8 Å². The first-order valence-corrected chi connectivity index (χ1v) is 10.0. The number of likely N-dealkylation sites (tertiary alicyclic amines) is 1. The third-order valence-electron chi connectivity index (χ3n) is 5.01. The fraction of sp³-hybridized carbons (Fsp3) is 0.619. The minimum atomic E-state index is -0.486. The van der Waals surface area contributed by atoms with E-state index in [-0.39, 0.29) is 12.1 Å². The highest BCUT2D eigenvalue weighted by Crippen LogP contribution is 2.32. The molecule has 0 saturated carbocycles. The lowest BCUT2D eigenvalue weighted by atomic mass is 9.93. The third kappa shape index (κ3) is 5.30. The van der Waals surface area contributed by atoms with Crippen molar-refractivity contribution in [3.63, 3.8) is 0 Å². The Morgan fingerprint density at radius 1 is 1.32 bits per heavy atom. The average Bonchev–Trinajstić information content (AvgIpc) is 3.09. The van der Waals surface area contributed by atoms with Gasteiger partial charge in [0.05, 0.1) is 12.6 Å². The van der Waals surface area contributed by atoms with Crippen LogP contribution in [0.25, 0.3) is 0 Å². The van der Waals surface area contributed by atoms with E-state index in [9.17, 15) is 4.79 Å². The van der Waals surface area contributed by atoms with Gasteiger partial charge in [0, 0.05) is 32.6 Å². The van der Waals surface area contributed by atoms with E-state index in [0.29, 0.717) is 5.92 Å². The van der Waals surface area contributed by atoms with Crippen LogP contribution in [0.3, 0.4) is 0 Å². The van der Waals surface area contributed by atoms with Gasteiger partial charge in [-0.2, -0.15) is 0 Å². The van der Waals surface area contributed by atoms with Crippen LogP contribution >= 0.6 is 0 Å². The first kappa shape index (κ1) is 20.3. The van der Waals surface area contributed by atoms with Gasteiger partial charge < -0.3 is 25.0 Å². The fourth-order valence-electron chi connectivity index (χ4n) is 3.72. The Hall–Kier alpha value is -2.44. The largest absolute Gasteiger partial charge is 0.493 e. The molecule has 7 nitrogen and oxygen atoms in total. The molecule has 0 bridgehead atoms. The lowest BCUT2D eigenvalue weighted by Crippen LogP contribution is -2.45. The number of benzene rings is 1. The second kappa shape index (κ2) is 8.71. The van der Waals surface area contributed by atoms with Crippen molar-refractivity contribution >= 4 is 12.1 Å². The molecule has 154 valence electrons. The molecule has 2 atom stereocenters. The molecule has 1 aromatic rings. The molecule has 1 aromatic carbocycles. The van der Waals surface area contributed by atoms with Crippen LogP contribution < -0.4 is 15.4 Å². The van der Waals surface area contributed by atoms with E-state index in [1.807, 2.05) is 32.9 Å². The van der Waals surface area contributed by atoms with Crippen LogP contribution in [0.15, 0.2) is 29.3 Å². The number of ether oxygens (including phenoxy) is 2. The van der Waals surface area contributed by atoms with Crippen LogP contribution in [0, 0.1) is 0 Å². The molecule has 1 saturated heterocycles. The van der Waals surface area contributed by atoms with Gasteiger partial charge >= 0.3 is 6.09 Å². The van der Waals surface area contributed by atoms with Gasteiger partial charge in [0.2, 0.25) is 0 Å². The molecule has 28 heavy (non-hydrogen) atoms. The summed E-state index contributed by atoms with van der Waals surface area (Å²) < 4.78 is 11.1. The van der Waals surface area contributed by atoms with Gasteiger partial charge in [0.1, 0.15) is 11.4 Å². The zero-order chi connectivity index (χ0) is 20.1. The highest BCUT2D eigenvalue weighted by Gasteiger charge is 2.28. The number of nitrogens with zero attached hydrogens (tertiary/aromatic N) is 2. The Kier molecular flexibility index (Phi) is 6.31. The molecule has 3 rings (SSSR count). The highest BCUT2D eigenvalue weighted by atomic mass is 16.6. The van der Waals surface area contributed by atoms with Gasteiger partial charge in [0.25, 0.3) is 0 Å². The van der Waals surface area contributed by atoms with Crippen molar-refractivity contribution in [2.24, 2.45) is 4.99 Å². The second-order valence-corrected chi connectivity index (χ2v) is 8.38. The second-order valence-electron chi connectivity index (χ2n) is 8.38. The van der Waals surface area contributed by atoms with E-state index < -0.39 is 5.60 Å². The van der Waals surface area contributed by atoms with Crippen LogP contribution in [0.4, 0.5) is 4.79 Å². The summed E-state index contributed by atoms with van der Waals surface area (Å²) >= 11 is 0. The normalized spacial score (nSPS) is 22.3. The number of rotatable bonds is 3. The van der Waals surface area contributed by atoms with Crippen LogP contribution in [0.2, 0.25) is 0 Å². The number of amides is 1. The molecule has 1 fully saturated rings. The summed E-state index contributed by atoms with van der Waals surface area (Å²) in [4.78, 5) is 18.6. The first-order valence-electron chi connectivity index (χ1n) is 10.0. The summed E-state index contributed by atoms with van der Waals surface area (Å²) in [5, 5.41) is 6.47. The quantitative estimate of drug-likeness (QED) is 0.615.